The van der Waals surface area contributed by atoms with Crippen LogP contribution in [0.4, 0.5) is 5.13 Å². The molecule has 4 nitrogen and oxygen atoms in total. The molecule has 1 N–H and O–H groups in total. The molecule has 0 unspecified atom stereocenters. The molecule has 0 aliphatic rings. The number of anilines is 1. The Morgan fingerprint density at radius 1 is 1.22 bits per heavy atom. The van der Waals surface area contributed by atoms with Gasteiger partial charge in [-0.1, -0.05) is 38.3 Å². The van der Waals surface area contributed by atoms with Crippen LogP contribution in [-0.2, 0) is 11.2 Å². The topological polar surface area (TPSA) is 51.2 Å². The van der Waals surface area contributed by atoms with E-state index in [0.717, 1.165) is 29.9 Å². The van der Waals surface area contributed by atoms with Gasteiger partial charge in [-0.05, 0) is 24.1 Å². The van der Waals surface area contributed by atoms with Crippen molar-refractivity contribution in [3.63, 3.8) is 0 Å². The zero-order chi connectivity index (χ0) is 16.5. The number of carbonyl (C=O) groups is 1. The molecule has 23 heavy (non-hydrogen) atoms. The van der Waals surface area contributed by atoms with Gasteiger partial charge in [0.05, 0.1) is 7.11 Å². The van der Waals surface area contributed by atoms with Gasteiger partial charge in [-0.3, -0.25) is 4.79 Å². The van der Waals surface area contributed by atoms with Crippen molar-refractivity contribution in [3.05, 3.63) is 40.9 Å². The van der Waals surface area contributed by atoms with Gasteiger partial charge in [0.1, 0.15) is 5.75 Å². The number of carbonyl (C=O) groups excluding carboxylic acids is 1. The second-order valence-electron chi connectivity index (χ2n) is 5.52. The normalized spacial score (nSPS) is 10.5. The molecule has 1 aromatic carbocycles. The SMILES string of the molecule is CCCCCCC(=O)Nc1ncc(Cc2ccc(OC)cc2)s1. The van der Waals surface area contributed by atoms with E-state index < -0.39 is 0 Å². The first-order valence-corrected chi connectivity index (χ1v) is 8.90. The zero-order valence-corrected chi connectivity index (χ0v) is 14.6. The van der Waals surface area contributed by atoms with Crippen LogP contribution in [0.2, 0.25) is 0 Å². The maximum atomic E-state index is 11.9. The van der Waals surface area contributed by atoms with E-state index in [9.17, 15) is 4.79 Å². The minimum absolute atomic E-state index is 0.0615. The standard InChI is InChI=1S/C18H24N2O2S/c1-3-4-5-6-7-17(21)20-18-19-13-16(23-18)12-14-8-10-15(22-2)11-9-14/h8-11,13H,3-7,12H2,1-2H3,(H,19,20,21). The summed E-state index contributed by atoms with van der Waals surface area (Å²) in [7, 11) is 1.66. The number of thiazole rings is 1. The number of methoxy groups -OCH3 is 1. The van der Waals surface area contributed by atoms with Crippen LogP contribution >= 0.6 is 11.3 Å². The van der Waals surface area contributed by atoms with Crippen molar-refractivity contribution in [1.82, 2.24) is 4.98 Å². The molecule has 2 rings (SSSR count). The average Bonchev–Trinajstić information content (AvgIpc) is 2.99. The summed E-state index contributed by atoms with van der Waals surface area (Å²) in [6.07, 6.45) is 7.66. The van der Waals surface area contributed by atoms with E-state index in [-0.39, 0.29) is 5.91 Å². The summed E-state index contributed by atoms with van der Waals surface area (Å²) in [5.74, 6) is 0.917. The first-order valence-electron chi connectivity index (χ1n) is 8.08. The Bertz CT molecular complexity index is 608. The maximum absolute atomic E-state index is 11.9. The number of unbranched alkanes of at least 4 members (excludes halogenated alkanes) is 3. The Hall–Kier alpha value is -1.88. The summed E-state index contributed by atoms with van der Waals surface area (Å²) >= 11 is 1.54. The maximum Gasteiger partial charge on any atom is 0.226 e. The summed E-state index contributed by atoms with van der Waals surface area (Å²) in [4.78, 5) is 17.3. The molecule has 0 radical (unpaired) electrons. The number of hydrogen-bond acceptors (Lipinski definition) is 4. The average molecular weight is 332 g/mol. The Labute approximate surface area is 141 Å². The monoisotopic (exact) mass is 332 g/mol. The number of aromatic nitrogens is 1. The van der Waals surface area contributed by atoms with E-state index in [0.29, 0.717) is 11.6 Å². The first-order chi connectivity index (χ1) is 11.2. The van der Waals surface area contributed by atoms with Gasteiger partial charge in [-0.25, -0.2) is 4.98 Å². The smallest absolute Gasteiger partial charge is 0.226 e. The molecule has 0 spiro atoms. The van der Waals surface area contributed by atoms with Crippen LogP contribution in [-0.4, -0.2) is 18.0 Å². The van der Waals surface area contributed by atoms with Crippen molar-refractivity contribution >= 4 is 22.4 Å². The Kier molecular flexibility index (Phi) is 7.07. The molecular weight excluding hydrogens is 308 g/mol. The van der Waals surface area contributed by atoms with Crippen LogP contribution in [0, 0.1) is 0 Å². The summed E-state index contributed by atoms with van der Waals surface area (Å²) in [6, 6.07) is 8.00. The summed E-state index contributed by atoms with van der Waals surface area (Å²) in [5, 5.41) is 3.58. The molecule has 0 aliphatic carbocycles. The highest BCUT2D eigenvalue weighted by molar-refractivity contribution is 7.15. The molecule has 124 valence electrons. The van der Waals surface area contributed by atoms with Gasteiger partial charge in [0.2, 0.25) is 5.91 Å². The van der Waals surface area contributed by atoms with Crippen molar-refractivity contribution in [2.45, 2.75) is 45.4 Å². The molecule has 0 saturated carbocycles. The summed E-state index contributed by atoms with van der Waals surface area (Å²) in [5.41, 5.74) is 1.20. The van der Waals surface area contributed by atoms with Crippen molar-refractivity contribution in [2.24, 2.45) is 0 Å². The van der Waals surface area contributed by atoms with Crippen LogP contribution < -0.4 is 10.1 Å². The van der Waals surface area contributed by atoms with Gasteiger partial charge in [0, 0.05) is 23.9 Å². The molecule has 2 aromatic rings. The fourth-order valence-electron chi connectivity index (χ4n) is 2.29. The lowest BCUT2D eigenvalue weighted by Crippen LogP contribution is -2.10. The molecule has 1 amide bonds. The van der Waals surface area contributed by atoms with Gasteiger partial charge in [0.25, 0.3) is 0 Å². The number of nitrogens with one attached hydrogen (secondary N) is 1. The van der Waals surface area contributed by atoms with E-state index in [2.05, 4.69) is 17.2 Å². The Morgan fingerprint density at radius 3 is 2.70 bits per heavy atom. The number of rotatable bonds is 9. The largest absolute Gasteiger partial charge is 0.497 e. The number of benzene rings is 1. The van der Waals surface area contributed by atoms with Gasteiger partial charge < -0.3 is 10.1 Å². The number of ether oxygens (including phenoxy) is 1. The molecule has 0 fully saturated rings. The molecule has 0 atom stereocenters. The first kappa shape index (κ1) is 17.5. The van der Waals surface area contributed by atoms with E-state index in [4.69, 9.17) is 4.74 Å². The molecular formula is C18H24N2O2S. The van der Waals surface area contributed by atoms with Gasteiger partial charge >= 0.3 is 0 Å². The fourth-order valence-corrected chi connectivity index (χ4v) is 3.15. The van der Waals surface area contributed by atoms with Crippen LogP contribution in [0.5, 0.6) is 5.75 Å². The highest BCUT2D eigenvalue weighted by Crippen LogP contribution is 2.22. The fraction of sp³-hybridized carbons (Fsp3) is 0.444. The molecule has 0 aliphatic heterocycles. The Morgan fingerprint density at radius 2 is 2.00 bits per heavy atom. The third-order valence-electron chi connectivity index (χ3n) is 3.59. The van der Waals surface area contributed by atoms with Crippen LogP contribution in [0.3, 0.4) is 0 Å². The van der Waals surface area contributed by atoms with Crippen LogP contribution in [0.25, 0.3) is 0 Å². The molecule has 0 bridgehead atoms. The molecule has 1 aromatic heterocycles. The lowest BCUT2D eigenvalue weighted by atomic mass is 10.1. The Balaban J connectivity index is 1.81. The van der Waals surface area contributed by atoms with Crippen molar-refractivity contribution < 1.29 is 9.53 Å². The van der Waals surface area contributed by atoms with Crippen molar-refractivity contribution in [2.75, 3.05) is 12.4 Å². The van der Waals surface area contributed by atoms with Crippen LogP contribution in [0.15, 0.2) is 30.5 Å². The minimum Gasteiger partial charge on any atom is -0.497 e. The molecule has 5 heteroatoms. The quantitative estimate of drug-likeness (QED) is 0.680. The second kappa shape index (κ2) is 9.30. The third kappa shape index (κ3) is 6.02. The predicted octanol–water partition coefficient (Wildman–Crippen LogP) is 4.65. The van der Waals surface area contributed by atoms with Crippen molar-refractivity contribution in [1.29, 1.82) is 0 Å². The highest BCUT2D eigenvalue weighted by Gasteiger charge is 2.07. The molecule has 0 saturated heterocycles. The minimum atomic E-state index is 0.0615. The van der Waals surface area contributed by atoms with Crippen LogP contribution in [0.1, 0.15) is 49.5 Å². The van der Waals surface area contributed by atoms with Gasteiger partial charge in [-0.15, -0.1) is 11.3 Å². The lowest BCUT2D eigenvalue weighted by Gasteiger charge is -2.02. The predicted molar refractivity (Wildman–Crippen MR) is 95.3 cm³/mol. The second-order valence-corrected chi connectivity index (χ2v) is 6.63. The summed E-state index contributed by atoms with van der Waals surface area (Å²) in [6.45, 7) is 2.17. The van der Waals surface area contributed by atoms with E-state index in [1.165, 1.54) is 29.7 Å². The zero-order valence-electron chi connectivity index (χ0n) is 13.8. The van der Waals surface area contributed by atoms with E-state index >= 15 is 0 Å². The molecule has 1 heterocycles. The number of hydrogen-bond donors (Lipinski definition) is 1. The highest BCUT2D eigenvalue weighted by atomic mass is 32.1. The van der Waals surface area contributed by atoms with Gasteiger partial charge in [0.15, 0.2) is 5.13 Å². The number of nitrogens with zero attached hydrogens (tertiary/aromatic N) is 1. The third-order valence-corrected chi connectivity index (χ3v) is 4.51. The number of amides is 1. The van der Waals surface area contributed by atoms with Crippen molar-refractivity contribution in [3.8, 4) is 5.75 Å². The van der Waals surface area contributed by atoms with E-state index in [1.807, 2.05) is 30.5 Å². The lowest BCUT2D eigenvalue weighted by molar-refractivity contribution is -0.116. The van der Waals surface area contributed by atoms with E-state index in [1.54, 1.807) is 7.11 Å². The van der Waals surface area contributed by atoms with Gasteiger partial charge in [-0.2, -0.15) is 0 Å². The summed E-state index contributed by atoms with van der Waals surface area (Å²) < 4.78 is 5.16.